The number of pyridine rings is 1. The van der Waals surface area contributed by atoms with Gasteiger partial charge in [0.1, 0.15) is 40.9 Å². The Morgan fingerprint density at radius 3 is 2.59 bits per heavy atom. The number of rotatable bonds is 9. The molecule has 1 aromatic heterocycles. The minimum Gasteiger partial charge on any atom is -0.612 e. The van der Waals surface area contributed by atoms with Crippen LogP contribution in [-0.4, -0.2) is 76.5 Å². The van der Waals surface area contributed by atoms with E-state index < -0.39 is 34.5 Å². The number of aliphatic imine (C=N–C) groups is 1. The molecule has 2 aromatic carbocycles. The van der Waals surface area contributed by atoms with Crippen molar-refractivity contribution in [3.63, 3.8) is 0 Å². The highest BCUT2D eigenvalue weighted by molar-refractivity contribution is 7.90. The van der Waals surface area contributed by atoms with E-state index in [2.05, 4.69) is 15.2 Å². The quantitative estimate of drug-likeness (QED) is 0.0837. The summed E-state index contributed by atoms with van der Waals surface area (Å²) >= 11 is -1.39. The van der Waals surface area contributed by atoms with E-state index in [-0.39, 0.29) is 41.1 Å². The number of anilines is 1. The van der Waals surface area contributed by atoms with Crippen LogP contribution in [-0.2, 0) is 20.8 Å². The van der Waals surface area contributed by atoms with Gasteiger partial charge in [-0.1, -0.05) is 39.0 Å². The van der Waals surface area contributed by atoms with E-state index in [1.54, 1.807) is 19.2 Å². The largest absolute Gasteiger partial charge is 0.612 e. The number of carbonyl (C=O) groups is 2. The molecule has 1 amide bonds. The molecule has 1 N–H and O–H groups in total. The molecule has 1 fully saturated rings. The molecule has 44 heavy (non-hydrogen) atoms. The average molecular weight is 626 g/mol. The monoisotopic (exact) mass is 625 g/mol. The normalized spacial score (nSPS) is 16.6. The van der Waals surface area contributed by atoms with Gasteiger partial charge in [-0.25, -0.2) is 18.8 Å². The predicted molar refractivity (Wildman–Crippen MR) is 168 cm³/mol. The van der Waals surface area contributed by atoms with E-state index in [9.17, 15) is 14.1 Å². The fourth-order valence-electron chi connectivity index (χ4n) is 5.21. The molecule has 1 aliphatic rings. The van der Waals surface area contributed by atoms with Crippen molar-refractivity contribution in [1.29, 1.82) is 0 Å². The standard InChI is InChI=1S/C32H37F2N5O4S/c1-7-27(41)43-25-12-9-11-23(33)28(25)30-24(34)16-22(31(36-30)35-18-40)32(39-15-14-38(5)17-20(39)4)37-29-21(19(2)3)10-8-13-26(29)44(6)42/h8-13,16,18-20H,7,14-15,17H2,1-6H3,(H,35,36,40)/b37-32+. The van der Waals surface area contributed by atoms with Gasteiger partial charge in [-0.2, -0.15) is 0 Å². The molecule has 3 aromatic rings. The maximum Gasteiger partial charge on any atom is 0.310 e. The Balaban J connectivity index is 2.02. The molecule has 12 heteroatoms. The summed E-state index contributed by atoms with van der Waals surface area (Å²) < 4.78 is 49.5. The van der Waals surface area contributed by atoms with Crippen LogP contribution in [0.4, 0.5) is 20.3 Å². The molecule has 4 rings (SSSR count). The topological polar surface area (TPSA) is 110 Å². The summed E-state index contributed by atoms with van der Waals surface area (Å²) in [5.74, 6) is -2.33. The lowest BCUT2D eigenvalue weighted by Crippen LogP contribution is -2.53. The van der Waals surface area contributed by atoms with Gasteiger partial charge in [0.25, 0.3) is 0 Å². The van der Waals surface area contributed by atoms with Gasteiger partial charge in [0.15, 0.2) is 10.7 Å². The Labute approximate surface area is 259 Å². The summed E-state index contributed by atoms with van der Waals surface area (Å²) in [5, 5.41) is 2.54. The highest BCUT2D eigenvalue weighted by Gasteiger charge is 2.31. The van der Waals surface area contributed by atoms with E-state index in [4.69, 9.17) is 9.73 Å². The van der Waals surface area contributed by atoms with Gasteiger partial charge < -0.3 is 24.4 Å². The molecule has 9 nitrogen and oxygen atoms in total. The number of piperazine rings is 1. The SMILES string of the molecule is CCC(=O)Oc1cccc(F)c1-c1nc(NC=O)c(/C(=N\c2c(C(C)C)cccc2[S+](C)[O-])N2CCN(C)CC2C)cc1F. The molecule has 0 radical (unpaired) electrons. The molecule has 234 valence electrons. The van der Waals surface area contributed by atoms with Crippen molar-refractivity contribution in [3.05, 3.63) is 65.2 Å². The summed E-state index contributed by atoms with van der Waals surface area (Å²) in [5.41, 5.74) is 0.700. The van der Waals surface area contributed by atoms with Crippen molar-refractivity contribution in [1.82, 2.24) is 14.8 Å². The van der Waals surface area contributed by atoms with Gasteiger partial charge in [0.2, 0.25) is 6.41 Å². The van der Waals surface area contributed by atoms with E-state index in [0.717, 1.165) is 17.7 Å². The first kappa shape index (κ1) is 33.0. The molecule has 1 aliphatic heterocycles. The number of benzene rings is 2. The van der Waals surface area contributed by atoms with Crippen LogP contribution < -0.4 is 10.1 Å². The molecule has 2 heterocycles. The van der Waals surface area contributed by atoms with E-state index in [1.807, 2.05) is 44.9 Å². The predicted octanol–water partition coefficient (Wildman–Crippen LogP) is 5.49. The number of para-hydroxylation sites is 1. The second kappa shape index (κ2) is 14.3. The van der Waals surface area contributed by atoms with Gasteiger partial charge in [-0.3, -0.25) is 9.59 Å². The summed E-state index contributed by atoms with van der Waals surface area (Å²) in [6, 6.07) is 10.4. The molecule has 0 aliphatic carbocycles. The fraction of sp³-hybridized carbons (Fsp3) is 0.375. The van der Waals surface area contributed by atoms with Crippen molar-refractivity contribution >= 4 is 40.9 Å². The van der Waals surface area contributed by atoms with Gasteiger partial charge in [-0.15, -0.1) is 0 Å². The average Bonchev–Trinajstić information content (AvgIpc) is 2.97. The number of hydrogen-bond acceptors (Lipinski definition) is 7. The number of carbonyl (C=O) groups excluding carboxylic acids is 2. The van der Waals surface area contributed by atoms with Gasteiger partial charge >= 0.3 is 5.97 Å². The fourth-order valence-corrected chi connectivity index (χ4v) is 5.92. The Kier molecular flexibility index (Phi) is 10.7. The zero-order valence-electron chi connectivity index (χ0n) is 25.7. The van der Waals surface area contributed by atoms with E-state index in [0.29, 0.717) is 42.5 Å². The molecule has 0 bridgehead atoms. The minimum absolute atomic E-state index is 0.0220. The zero-order valence-corrected chi connectivity index (χ0v) is 26.5. The van der Waals surface area contributed by atoms with Gasteiger partial charge in [-0.05, 0) is 60.9 Å². The number of ether oxygens (including phenoxy) is 1. The minimum atomic E-state index is -1.39. The number of likely N-dealkylation sites (N-methyl/N-ethyl adjacent to an activating group) is 1. The lowest BCUT2D eigenvalue weighted by molar-refractivity contribution is -0.134. The summed E-state index contributed by atoms with van der Waals surface area (Å²) in [6.45, 7) is 9.49. The van der Waals surface area contributed by atoms with Crippen LogP contribution in [0.15, 0.2) is 52.4 Å². The molecular formula is C32H37F2N5O4S. The van der Waals surface area contributed by atoms with Crippen molar-refractivity contribution in [2.45, 2.75) is 51.0 Å². The molecule has 2 atom stereocenters. The van der Waals surface area contributed by atoms with Crippen LogP contribution in [0.2, 0.25) is 0 Å². The number of aromatic nitrogens is 1. The smallest absolute Gasteiger partial charge is 0.310 e. The number of nitrogens with zero attached hydrogens (tertiary/aromatic N) is 4. The Bertz CT molecular complexity index is 1540. The molecule has 0 saturated carbocycles. The van der Waals surface area contributed by atoms with Crippen LogP contribution in [0, 0.1) is 11.6 Å². The highest BCUT2D eigenvalue weighted by Crippen LogP contribution is 2.38. The summed E-state index contributed by atoms with van der Waals surface area (Å²) in [7, 11) is 2.00. The van der Waals surface area contributed by atoms with Crippen LogP contribution in [0.3, 0.4) is 0 Å². The van der Waals surface area contributed by atoms with Crippen molar-refractivity contribution < 1.29 is 27.7 Å². The Morgan fingerprint density at radius 2 is 1.95 bits per heavy atom. The second-order valence-electron chi connectivity index (χ2n) is 11.0. The van der Waals surface area contributed by atoms with Crippen LogP contribution >= 0.6 is 0 Å². The first-order valence-corrected chi connectivity index (χ1v) is 15.9. The number of halogens is 2. The third kappa shape index (κ3) is 7.09. The lowest BCUT2D eigenvalue weighted by atomic mass is 10.0. The van der Waals surface area contributed by atoms with Crippen molar-refractivity contribution in [2.75, 3.05) is 38.3 Å². The molecule has 2 unspecified atom stereocenters. The summed E-state index contributed by atoms with van der Waals surface area (Å²) in [4.78, 5) is 38.0. The first-order valence-electron chi connectivity index (χ1n) is 14.4. The first-order chi connectivity index (χ1) is 21.0. The van der Waals surface area contributed by atoms with Gasteiger partial charge in [0, 0.05) is 32.1 Å². The van der Waals surface area contributed by atoms with Crippen LogP contribution in [0.5, 0.6) is 5.75 Å². The van der Waals surface area contributed by atoms with Gasteiger partial charge in [0.05, 0.1) is 11.1 Å². The number of amides is 1. The molecular weight excluding hydrogens is 588 g/mol. The third-order valence-electron chi connectivity index (χ3n) is 7.42. The second-order valence-corrected chi connectivity index (χ2v) is 12.3. The molecule has 0 spiro atoms. The van der Waals surface area contributed by atoms with Crippen LogP contribution in [0.25, 0.3) is 11.3 Å². The van der Waals surface area contributed by atoms with Crippen molar-refractivity contribution in [2.24, 2.45) is 4.99 Å². The maximum absolute atomic E-state index is 16.2. The van der Waals surface area contributed by atoms with E-state index >= 15 is 8.78 Å². The Hall–Kier alpha value is -3.87. The zero-order chi connectivity index (χ0) is 32.1. The van der Waals surface area contributed by atoms with Crippen LogP contribution in [0.1, 0.15) is 51.2 Å². The maximum atomic E-state index is 16.2. The number of nitrogens with one attached hydrogen (secondary N) is 1. The number of amidine groups is 1. The Morgan fingerprint density at radius 1 is 1.23 bits per heavy atom. The summed E-state index contributed by atoms with van der Waals surface area (Å²) in [6.07, 6.45) is 1.99. The molecule has 1 saturated heterocycles. The lowest BCUT2D eigenvalue weighted by Gasteiger charge is -2.40. The number of hydrogen-bond donors (Lipinski definition) is 1. The third-order valence-corrected chi connectivity index (χ3v) is 8.37. The van der Waals surface area contributed by atoms with E-state index in [1.165, 1.54) is 12.1 Å². The highest BCUT2D eigenvalue weighted by atomic mass is 32.2. The van der Waals surface area contributed by atoms with Crippen molar-refractivity contribution in [3.8, 4) is 17.0 Å². The number of esters is 1.